The van der Waals surface area contributed by atoms with Crippen molar-refractivity contribution in [2.24, 2.45) is 7.05 Å². The van der Waals surface area contributed by atoms with E-state index in [1.54, 1.807) is 27.0 Å². The lowest BCUT2D eigenvalue weighted by molar-refractivity contribution is -0.115. The van der Waals surface area contributed by atoms with Crippen LogP contribution in [0.2, 0.25) is 0 Å². The number of carbonyl (C=O) groups is 1. The summed E-state index contributed by atoms with van der Waals surface area (Å²) in [5, 5.41) is 2.90. The summed E-state index contributed by atoms with van der Waals surface area (Å²) in [7, 11) is 3.44. The molecule has 0 unspecified atom stereocenters. The van der Waals surface area contributed by atoms with Crippen LogP contribution in [0.5, 0.6) is 11.5 Å². The second kappa shape index (κ2) is 9.13. The van der Waals surface area contributed by atoms with E-state index >= 15 is 0 Å². The van der Waals surface area contributed by atoms with E-state index in [0.29, 0.717) is 17.0 Å². The smallest absolute Gasteiger partial charge is 0.228 e. The molecule has 6 nitrogen and oxygen atoms in total. The van der Waals surface area contributed by atoms with E-state index in [1.807, 2.05) is 48.0 Å². The highest BCUT2D eigenvalue weighted by Crippen LogP contribution is 2.31. The van der Waals surface area contributed by atoms with Crippen molar-refractivity contribution in [2.45, 2.75) is 25.9 Å². The van der Waals surface area contributed by atoms with Crippen molar-refractivity contribution in [3.8, 4) is 11.5 Å². The molecule has 1 amide bonds. The Morgan fingerprint density at radius 1 is 1.00 bits per heavy atom. The molecule has 176 valence electrons. The normalized spacial score (nSPS) is 11.5. The molecule has 0 spiro atoms. The first-order chi connectivity index (χ1) is 16.2. The maximum absolute atomic E-state index is 13.6. The Hall–Kier alpha value is -3.94. The zero-order valence-corrected chi connectivity index (χ0v) is 19.4. The summed E-state index contributed by atoms with van der Waals surface area (Å²) in [6, 6.07) is 16.2. The van der Waals surface area contributed by atoms with E-state index in [-0.39, 0.29) is 18.1 Å². The monoisotopic (exact) mass is 465 g/mol. The third-order valence-corrected chi connectivity index (χ3v) is 5.49. The lowest BCUT2D eigenvalue weighted by Gasteiger charge is -2.26. The van der Waals surface area contributed by atoms with Gasteiger partial charge in [-0.25, -0.2) is 13.8 Å². The van der Waals surface area contributed by atoms with Crippen LogP contribution >= 0.6 is 0 Å². The Kier molecular flexibility index (Phi) is 6.24. The van der Waals surface area contributed by atoms with Crippen LogP contribution in [0.15, 0.2) is 60.7 Å². The highest BCUT2D eigenvalue weighted by Gasteiger charge is 2.29. The number of anilines is 1. The van der Waals surface area contributed by atoms with Crippen molar-refractivity contribution in [1.82, 2.24) is 9.55 Å². The molecule has 3 aromatic carbocycles. The van der Waals surface area contributed by atoms with Gasteiger partial charge in [0.25, 0.3) is 0 Å². The number of carbonyl (C=O) groups excluding carboxylic acids is 1. The topological polar surface area (TPSA) is 65.4 Å². The molecule has 8 heteroatoms. The molecular weight excluding hydrogens is 440 g/mol. The maximum atomic E-state index is 13.6. The Morgan fingerprint density at radius 2 is 1.71 bits per heavy atom. The number of aromatic nitrogens is 2. The number of fused-ring (bicyclic) bond motifs is 1. The minimum absolute atomic E-state index is 0.150. The SMILES string of the molecule is COc1ccc(CC(=O)Nc2ccc3c(c2)nc(C(C)(C)Oc2ccc(F)c(F)c2)n3C)cc1. The van der Waals surface area contributed by atoms with E-state index in [1.165, 1.54) is 6.07 Å². The van der Waals surface area contributed by atoms with Crippen LogP contribution in [-0.2, 0) is 23.9 Å². The minimum Gasteiger partial charge on any atom is -0.497 e. The number of ether oxygens (including phenoxy) is 2. The summed E-state index contributed by atoms with van der Waals surface area (Å²) in [6.45, 7) is 3.60. The van der Waals surface area contributed by atoms with Crippen molar-refractivity contribution in [3.63, 3.8) is 0 Å². The van der Waals surface area contributed by atoms with Gasteiger partial charge in [-0.3, -0.25) is 4.79 Å². The van der Waals surface area contributed by atoms with E-state index in [2.05, 4.69) is 5.32 Å². The number of amides is 1. The average molecular weight is 466 g/mol. The molecule has 0 aliphatic rings. The molecule has 0 fully saturated rings. The predicted octanol–water partition coefficient (Wildman–Crippen LogP) is 5.36. The van der Waals surface area contributed by atoms with Crippen LogP contribution in [-0.4, -0.2) is 22.6 Å². The number of halogens is 2. The summed E-state index contributed by atoms with van der Waals surface area (Å²) in [5.74, 6) is -0.543. The molecule has 34 heavy (non-hydrogen) atoms. The largest absolute Gasteiger partial charge is 0.497 e. The zero-order chi connectivity index (χ0) is 24.5. The highest BCUT2D eigenvalue weighted by atomic mass is 19.2. The van der Waals surface area contributed by atoms with Gasteiger partial charge in [0.1, 0.15) is 11.5 Å². The van der Waals surface area contributed by atoms with Gasteiger partial charge >= 0.3 is 0 Å². The van der Waals surface area contributed by atoms with E-state index in [9.17, 15) is 13.6 Å². The van der Waals surface area contributed by atoms with Crippen molar-refractivity contribution in [3.05, 3.63) is 83.7 Å². The summed E-state index contributed by atoms with van der Waals surface area (Å²) >= 11 is 0. The van der Waals surface area contributed by atoms with Crippen LogP contribution in [0.4, 0.5) is 14.5 Å². The minimum atomic E-state index is -0.978. The molecule has 1 heterocycles. The first kappa shape index (κ1) is 23.2. The molecule has 4 rings (SSSR count). The Bertz CT molecular complexity index is 1350. The molecule has 0 saturated carbocycles. The van der Waals surface area contributed by atoms with Crippen LogP contribution in [0.1, 0.15) is 25.2 Å². The van der Waals surface area contributed by atoms with Gasteiger partial charge in [-0.1, -0.05) is 12.1 Å². The van der Waals surface area contributed by atoms with E-state index in [0.717, 1.165) is 29.0 Å². The first-order valence-corrected chi connectivity index (χ1v) is 10.7. The number of nitrogens with zero attached hydrogens (tertiary/aromatic N) is 2. The molecule has 0 saturated heterocycles. The molecule has 0 radical (unpaired) electrons. The van der Waals surface area contributed by atoms with Gasteiger partial charge in [0.15, 0.2) is 23.1 Å². The second-order valence-electron chi connectivity index (χ2n) is 8.46. The van der Waals surface area contributed by atoms with Gasteiger partial charge in [-0.2, -0.15) is 0 Å². The number of benzene rings is 3. The van der Waals surface area contributed by atoms with Crippen LogP contribution in [0, 0.1) is 11.6 Å². The molecule has 0 bridgehead atoms. The fraction of sp³-hybridized carbons (Fsp3) is 0.231. The van der Waals surface area contributed by atoms with Gasteiger partial charge in [0, 0.05) is 18.8 Å². The van der Waals surface area contributed by atoms with Gasteiger partial charge < -0.3 is 19.4 Å². The van der Waals surface area contributed by atoms with Gasteiger partial charge in [0.05, 0.1) is 24.6 Å². The lowest BCUT2D eigenvalue weighted by Crippen LogP contribution is -2.29. The van der Waals surface area contributed by atoms with Crippen LogP contribution in [0.3, 0.4) is 0 Å². The van der Waals surface area contributed by atoms with Crippen molar-refractivity contribution in [2.75, 3.05) is 12.4 Å². The fourth-order valence-corrected chi connectivity index (χ4v) is 3.83. The Morgan fingerprint density at radius 3 is 2.38 bits per heavy atom. The summed E-state index contributed by atoms with van der Waals surface area (Å²) in [6.07, 6.45) is 0.227. The molecule has 4 aromatic rings. The number of rotatable bonds is 7. The molecule has 0 atom stereocenters. The summed E-state index contributed by atoms with van der Waals surface area (Å²) in [4.78, 5) is 17.2. The summed E-state index contributed by atoms with van der Waals surface area (Å²) < 4.78 is 39.8. The number of hydrogen-bond acceptors (Lipinski definition) is 4. The molecule has 0 aliphatic carbocycles. The van der Waals surface area contributed by atoms with E-state index in [4.69, 9.17) is 14.5 Å². The van der Waals surface area contributed by atoms with Gasteiger partial charge in [0.2, 0.25) is 5.91 Å². The van der Waals surface area contributed by atoms with Crippen molar-refractivity contribution in [1.29, 1.82) is 0 Å². The molecule has 1 aromatic heterocycles. The lowest BCUT2D eigenvalue weighted by atomic mass is 10.1. The number of nitrogens with one attached hydrogen (secondary N) is 1. The highest BCUT2D eigenvalue weighted by molar-refractivity contribution is 5.94. The fourth-order valence-electron chi connectivity index (χ4n) is 3.83. The Labute approximate surface area is 196 Å². The molecule has 1 N–H and O–H groups in total. The number of imidazole rings is 1. The van der Waals surface area contributed by atoms with E-state index < -0.39 is 17.2 Å². The zero-order valence-electron chi connectivity index (χ0n) is 19.4. The van der Waals surface area contributed by atoms with Gasteiger partial charge in [-0.15, -0.1) is 0 Å². The molecule has 0 aliphatic heterocycles. The predicted molar refractivity (Wildman–Crippen MR) is 126 cm³/mol. The first-order valence-electron chi connectivity index (χ1n) is 10.7. The molecular formula is C26H25F2N3O3. The van der Waals surface area contributed by atoms with Crippen LogP contribution < -0.4 is 14.8 Å². The quantitative estimate of drug-likeness (QED) is 0.399. The Balaban J connectivity index is 1.52. The van der Waals surface area contributed by atoms with Crippen molar-refractivity contribution >= 4 is 22.6 Å². The summed E-state index contributed by atoms with van der Waals surface area (Å²) in [5.41, 5.74) is 2.06. The standard InChI is InChI=1S/C26H25F2N3O3/c1-26(2,34-19-10-11-20(27)21(28)15-19)25-30-22-14-17(7-12-23(22)31(25)3)29-24(32)13-16-5-8-18(33-4)9-6-16/h5-12,14-15H,13H2,1-4H3,(H,29,32). The van der Waals surface area contributed by atoms with Gasteiger partial charge in [-0.05, 0) is 61.9 Å². The maximum Gasteiger partial charge on any atom is 0.228 e. The second-order valence-corrected chi connectivity index (χ2v) is 8.46. The third-order valence-electron chi connectivity index (χ3n) is 5.49. The number of methoxy groups -OCH3 is 1. The average Bonchev–Trinajstić information content (AvgIpc) is 3.13. The van der Waals surface area contributed by atoms with Crippen molar-refractivity contribution < 1.29 is 23.0 Å². The third kappa shape index (κ3) is 4.85. The number of aryl methyl sites for hydroxylation is 1. The number of hydrogen-bond donors (Lipinski definition) is 1. The van der Waals surface area contributed by atoms with Crippen LogP contribution in [0.25, 0.3) is 11.0 Å².